The second-order valence-corrected chi connectivity index (χ2v) is 4.63. The van der Waals surface area contributed by atoms with Crippen molar-refractivity contribution in [2.45, 2.75) is 32.5 Å². The van der Waals surface area contributed by atoms with Gasteiger partial charge in [0.25, 0.3) is 0 Å². The predicted octanol–water partition coefficient (Wildman–Crippen LogP) is 1.02. The standard InChI is InChI=1S/C13H22N4O2/c1-3-19-9-12-15-11(14-2)8-13(16-12)17-6-4-10(18)5-7-17/h8,10,18H,3-7,9H2,1-2H3,(H,14,15,16). The van der Waals surface area contributed by atoms with Gasteiger partial charge in [-0.05, 0) is 19.8 Å². The van der Waals surface area contributed by atoms with Gasteiger partial charge in [-0.25, -0.2) is 9.97 Å². The molecule has 106 valence electrons. The highest BCUT2D eigenvalue weighted by molar-refractivity contribution is 5.49. The highest BCUT2D eigenvalue weighted by Crippen LogP contribution is 2.20. The fourth-order valence-corrected chi connectivity index (χ4v) is 2.13. The van der Waals surface area contributed by atoms with E-state index >= 15 is 0 Å². The van der Waals surface area contributed by atoms with Gasteiger partial charge in [0.15, 0.2) is 5.82 Å². The monoisotopic (exact) mass is 266 g/mol. The van der Waals surface area contributed by atoms with Crippen LogP contribution in [0.5, 0.6) is 0 Å². The summed E-state index contributed by atoms with van der Waals surface area (Å²) in [6.07, 6.45) is 1.41. The molecule has 0 bridgehead atoms. The lowest BCUT2D eigenvalue weighted by Crippen LogP contribution is -2.36. The highest BCUT2D eigenvalue weighted by atomic mass is 16.5. The number of nitrogens with one attached hydrogen (secondary N) is 1. The molecule has 1 aromatic heterocycles. The fourth-order valence-electron chi connectivity index (χ4n) is 2.13. The minimum absolute atomic E-state index is 0.176. The van der Waals surface area contributed by atoms with Crippen LogP contribution >= 0.6 is 0 Å². The highest BCUT2D eigenvalue weighted by Gasteiger charge is 2.19. The Hall–Kier alpha value is -1.40. The minimum atomic E-state index is -0.176. The maximum atomic E-state index is 9.55. The normalized spacial score (nSPS) is 16.7. The molecule has 2 rings (SSSR count). The summed E-state index contributed by atoms with van der Waals surface area (Å²) < 4.78 is 5.37. The van der Waals surface area contributed by atoms with Crippen LogP contribution in [0.25, 0.3) is 0 Å². The smallest absolute Gasteiger partial charge is 0.158 e. The molecule has 0 atom stereocenters. The average molecular weight is 266 g/mol. The molecule has 19 heavy (non-hydrogen) atoms. The lowest BCUT2D eigenvalue weighted by Gasteiger charge is -2.30. The maximum absolute atomic E-state index is 9.55. The summed E-state index contributed by atoms with van der Waals surface area (Å²) in [6.45, 7) is 4.69. The molecule has 0 unspecified atom stereocenters. The van der Waals surface area contributed by atoms with Gasteiger partial charge >= 0.3 is 0 Å². The van der Waals surface area contributed by atoms with E-state index in [4.69, 9.17) is 4.74 Å². The number of ether oxygens (including phenoxy) is 1. The third-order valence-electron chi connectivity index (χ3n) is 3.24. The summed E-state index contributed by atoms with van der Waals surface area (Å²) in [5.41, 5.74) is 0. The Kier molecular flexibility index (Phi) is 4.93. The van der Waals surface area contributed by atoms with E-state index in [1.165, 1.54) is 0 Å². The number of rotatable bonds is 5. The Labute approximate surface area is 113 Å². The molecule has 2 heterocycles. The number of hydrogen-bond donors (Lipinski definition) is 2. The van der Waals surface area contributed by atoms with Gasteiger partial charge in [0.2, 0.25) is 0 Å². The number of anilines is 2. The van der Waals surface area contributed by atoms with Crippen molar-refractivity contribution < 1.29 is 9.84 Å². The van der Waals surface area contributed by atoms with Crippen LogP contribution in [0.4, 0.5) is 11.6 Å². The first kappa shape index (κ1) is 14.0. The number of nitrogens with zero attached hydrogens (tertiary/aromatic N) is 3. The van der Waals surface area contributed by atoms with E-state index in [0.29, 0.717) is 19.0 Å². The number of aliphatic hydroxyl groups excluding tert-OH is 1. The van der Waals surface area contributed by atoms with Crippen LogP contribution in [-0.4, -0.2) is 47.9 Å². The van der Waals surface area contributed by atoms with Crippen molar-refractivity contribution in [3.05, 3.63) is 11.9 Å². The SMILES string of the molecule is CCOCc1nc(NC)cc(N2CCC(O)CC2)n1. The Morgan fingerprint density at radius 2 is 2.16 bits per heavy atom. The van der Waals surface area contributed by atoms with Gasteiger partial charge in [-0.2, -0.15) is 0 Å². The molecule has 0 radical (unpaired) electrons. The van der Waals surface area contributed by atoms with Crippen molar-refractivity contribution in [1.82, 2.24) is 9.97 Å². The summed E-state index contributed by atoms with van der Waals surface area (Å²) >= 11 is 0. The van der Waals surface area contributed by atoms with Crippen LogP contribution < -0.4 is 10.2 Å². The largest absolute Gasteiger partial charge is 0.393 e. The molecule has 1 saturated heterocycles. The quantitative estimate of drug-likeness (QED) is 0.829. The van der Waals surface area contributed by atoms with E-state index in [1.54, 1.807) is 0 Å². The third-order valence-corrected chi connectivity index (χ3v) is 3.24. The maximum Gasteiger partial charge on any atom is 0.158 e. The Morgan fingerprint density at radius 1 is 1.42 bits per heavy atom. The van der Waals surface area contributed by atoms with Crippen molar-refractivity contribution in [2.75, 3.05) is 37.0 Å². The zero-order chi connectivity index (χ0) is 13.7. The first-order valence-electron chi connectivity index (χ1n) is 6.79. The number of hydrogen-bond acceptors (Lipinski definition) is 6. The van der Waals surface area contributed by atoms with Crippen molar-refractivity contribution in [3.63, 3.8) is 0 Å². The van der Waals surface area contributed by atoms with Crippen LogP contribution in [0, 0.1) is 0 Å². The lowest BCUT2D eigenvalue weighted by molar-refractivity contribution is 0.128. The molecule has 0 spiro atoms. The summed E-state index contributed by atoms with van der Waals surface area (Å²) in [4.78, 5) is 11.1. The Balaban J connectivity index is 2.14. The van der Waals surface area contributed by atoms with E-state index in [1.807, 2.05) is 20.0 Å². The topological polar surface area (TPSA) is 70.5 Å². The van der Waals surface area contributed by atoms with Crippen LogP contribution in [-0.2, 0) is 11.3 Å². The first-order valence-corrected chi connectivity index (χ1v) is 6.79. The van der Waals surface area contributed by atoms with E-state index in [0.717, 1.165) is 37.6 Å². The molecule has 0 aliphatic carbocycles. The molecular weight excluding hydrogens is 244 g/mol. The molecule has 0 saturated carbocycles. The van der Waals surface area contributed by atoms with Crippen LogP contribution in [0.3, 0.4) is 0 Å². The Bertz CT molecular complexity index is 406. The number of piperidine rings is 1. The minimum Gasteiger partial charge on any atom is -0.393 e. The van der Waals surface area contributed by atoms with Gasteiger partial charge in [0, 0.05) is 32.8 Å². The molecule has 6 heteroatoms. The zero-order valence-corrected chi connectivity index (χ0v) is 11.6. The van der Waals surface area contributed by atoms with E-state index in [-0.39, 0.29) is 6.10 Å². The zero-order valence-electron chi connectivity index (χ0n) is 11.6. The van der Waals surface area contributed by atoms with Crippen molar-refractivity contribution in [1.29, 1.82) is 0 Å². The summed E-state index contributed by atoms with van der Waals surface area (Å²) in [5.74, 6) is 2.39. The van der Waals surface area contributed by atoms with Crippen molar-refractivity contribution >= 4 is 11.6 Å². The van der Waals surface area contributed by atoms with Gasteiger partial charge in [0.05, 0.1) is 6.10 Å². The second kappa shape index (κ2) is 6.68. The van der Waals surface area contributed by atoms with E-state index in [2.05, 4.69) is 20.2 Å². The molecular formula is C13H22N4O2. The number of aliphatic hydroxyl groups is 1. The van der Waals surface area contributed by atoms with Gasteiger partial charge in [-0.15, -0.1) is 0 Å². The molecule has 1 aliphatic heterocycles. The van der Waals surface area contributed by atoms with Crippen molar-refractivity contribution in [3.8, 4) is 0 Å². The predicted molar refractivity (Wildman–Crippen MR) is 74.4 cm³/mol. The van der Waals surface area contributed by atoms with Gasteiger partial charge < -0.3 is 20.1 Å². The third kappa shape index (κ3) is 3.78. The molecule has 0 aromatic carbocycles. The van der Waals surface area contributed by atoms with E-state index < -0.39 is 0 Å². The van der Waals surface area contributed by atoms with Crippen LogP contribution in [0.1, 0.15) is 25.6 Å². The van der Waals surface area contributed by atoms with Crippen LogP contribution in [0.15, 0.2) is 6.07 Å². The summed E-state index contributed by atoms with van der Waals surface area (Å²) in [7, 11) is 1.84. The lowest BCUT2D eigenvalue weighted by atomic mass is 10.1. The first-order chi connectivity index (χ1) is 9.22. The molecule has 0 amide bonds. The van der Waals surface area contributed by atoms with Crippen molar-refractivity contribution in [2.24, 2.45) is 0 Å². The second-order valence-electron chi connectivity index (χ2n) is 4.63. The van der Waals surface area contributed by atoms with Gasteiger partial charge in [-0.3, -0.25) is 0 Å². The molecule has 1 aromatic rings. The summed E-state index contributed by atoms with van der Waals surface area (Å²) in [5, 5.41) is 12.6. The Morgan fingerprint density at radius 3 is 2.79 bits per heavy atom. The van der Waals surface area contributed by atoms with E-state index in [9.17, 15) is 5.11 Å². The molecule has 1 aliphatic rings. The summed E-state index contributed by atoms with van der Waals surface area (Å²) in [6, 6.07) is 1.94. The number of aromatic nitrogens is 2. The fraction of sp³-hybridized carbons (Fsp3) is 0.692. The molecule has 2 N–H and O–H groups in total. The van der Waals surface area contributed by atoms with Gasteiger partial charge in [0.1, 0.15) is 18.2 Å². The molecule has 6 nitrogen and oxygen atoms in total. The van der Waals surface area contributed by atoms with Crippen LogP contribution in [0.2, 0.25) is 0 Å². The average Bonchev–Trinajstić information content (AvgIpc) is 2.45. The van der Waals surface area contributed by atoms with Gasteiger partial charge in [-0.1, -0.05) is 0 Å². The molecule has 1 fully saturated rings.